The Kier molecular flexibility index (Phi) is 5.63. The fraction of sp³-hybridized carbons (Fsp3) is 0.500. The van der Waals surface area contributed by atoms with Gasteiger partial charge in [0.15, 0.2) is 0 Å². The maximum absolute atomic E-state index is 11.3. The second-order valence-electron chi connectivity index (χ2n) is 4.87. The average Bonchev–Trinajstić information content (AvgIpc) is 2.35. The van der Waals surface area contributed by atoms with Crippen LogP contribution in [0, 0.1) is 0 Å². The average molecular weight is 264 g/mol. The van der Waals surface area contributed by atoms with Crippen LogP contribution in [0.3, 0.4) is 0 Å². The minimum Gasteiger partial charge on any atom is -0.398 e. The lowest BCUT2D eigenvalue weighted by molar-refractivity contribution is 0.100. The number of anilines is 2. The van der Waals surface area contributed by atoms with Crippen LogP contribution in [-0.2, 0) is 0 Å². The Balaban J connectivity index is 2.81. The van der Waals surface area contributed by atoms with Crippen LogP contribution < -0.4 is 16.4 Å². The van der Waals surface area contributed by atoms with Gasteiger partial charge in [0.1, 0.15) is 0 Å². The van der Waals surface area contributed by atoms with Crippen molar-refractivity contribution in [2.75, 3.05) is 44.4 Å². The van der Waals surface area contributed by atoms with Crippen molar-refractivity contribution < 1.29 is 4.79 Å². The van der Waals surface area contributed by atoms with E-state index in [1.807, 2.05) is 6.07 Å². The van der Waals surface area contributed by atoms with Crippen LogP contribution in [0.5, 0.6) is 0 Å². The Morgan fingerprint density at radius 2 is 1.95 bits per heavy atom. The molecule has 0 bridgehead atoms. The molecule has 0 unspecified atom stereocenters. The van der Waals surface area contributed by atoms with Crippen molar-refractivity contribution in [3.63, 3.8) is 0 Å². The maximum atomic E-state index is 11.3. The molecule has 0 aromatic heterocycles. The van der Waals surface area contributed by atoms with Crippen LogP contribution in [0.4, 0.5) is 11.4 Å². The molecule has 0 atom stereocenters. The first-order valence-corrected chi connectivity index (χ1v) is 6.54. The zero-order valence-corrected chi connectivity index (χ0v) is 12.0. The number of nitrogens with zero attached hydrogens (tertiary/aromatic N) is 2. The fourth-order valence-corrected chi connectivity index (χ4v) is 2.00. The van der Waals surface area contributed by atoms with Gasteiger partial charge in [-0.2, -0.15) is 0 Å². The third-order valence-electron chi connectivity index (χ3n) is 3.08. The summed E-state index contributed by atoms with van der Waals surface area (Å²) in [6.45, 7) is 4.95. The summed E-state index contributed by atoms with van der Waals surface area (Å²) in [5.74, 6) is -0.483. The molecule has 1 rings (SSSR count). The molecule has 106 valence electrons. The first kappa shape index (κ1) is 15.3. The van der Waals surface area contributed by atoms with E-state index < -0.39 is 5.91 Å². The third kappa shape index (κ3) is 4.44. The molecule has 0 aliphatic heterocycles. The normalized spacial score (nSPS) is 10.7. The summed E-state index contributed by atoms with van der Waals surface area (Å²) in [7, 11) is 4.12. The van der Waals surface area contributed by atoms with Gasteiger partial charge >= 0.3 is 0 Å². The van der Waals surface area contributed by atoms with Gasteiger partial charge in [-0.3, -0.25) is 4.79 Å². The molecule has 0 aliphatic rings. The van der Waals surface area contributed by atoms with E-state index in [1.54, 1.807) is 12.1 Å². The Hall–Kier alpha value is -1.75. The van der Waals surface area contributed by atoms with Crippen LogP contribution in [0.1, 0.15) is 23.7 Å². The van der Waals surface area contributed by atoms with Crippen LogP contribution in [0.25, 0.3) is 0 Å². The third-order valence-corrected chi connectivity index (χ3v) is 3.08. The SMILES string of the molecule is CCN(CCCN(C)C)c1ccc(N)c(C(N)=O)c1. The monoisotopic (exact) mass is 264 g/mol. The largest absolute Gasteiger partial charge is 0.398 e. The van der Waals surface area contributed by atoms with E-state index >= 15 is 0 Å². The summed E-state index contributed by atoms with van der Waals surface area (Å²) in [5.41, 5.74) is 12.9. The first-order chi connectivity index (χ1) is 8.95. The predicted molar refractivity (Wildman–Crippen MR) is 80.4 cm³/mol. The molecule has 1 amide bonds. The smallest absolute Gasteiger partial charge is 0.250 e. The van der Waals surface area contributed by atoms with Crippen molar-refractivity contribution in [3.8, 4) is 0 Å². The van der Waals surface area contributed by atoms with Crippen molar-refractivity contribution in [2.24, 2.45) is 5.73 Å². The fourth-order valence-electron chi connectivity index (χ4n) is 2.00. The highest BCUT2D eigenvalue weighted by atomic mass is 16.1. The lowest BCUT2D eigenvalue weighted by Gasteiger charge is -2.24. The van der Waals surface area contributed by atoms with Crippen molar-refractivity contribution in [3.05, 3.63) is 23.8 Å². The molecular formula is C14H24N4O. The highest BCUT2D eigenvalue weighted by molar-refractivity contribution is 5.99. The topological polar surface area (TPSA) is 75.6 Å². The summed E-state index contributed by atoms with van der Waals surface area (Å²) < 4.78 is 0. The zero-order valence-electron chi connectivity index (χ0n) is 12.0. The first-order valence-electron chi connectivity index (χ1n) is 6.54. The number of nitrogens with two attached hydrogens (primary N) is 2. The Morgan fingerprint density at radius 1 is 1.26 bits per heavy atom. The van der Waals surface area contributed by atoms with Gasteiger partial charge < -0.3 is 21.3 Å². The van der Waals surface area contributed by atoms with Crippen molar-refractivity contribution in [2.45, 2.75) is 13.3 Å². The lowest BCUT2D eigenvalue weighted by atomic mass is 10.1. The van der Waals surface area contributed by atoms with Gasteiger partial charge in [-0.15, -0.1) is 0 Å². The van der Waals surface area contributed by atoms with Gasteiger partial charge in [-0.05, 0) is 52.2 Å². The molecule has 1 aromatic carbocycles. The molecular weight excluding hydrogens is 240 g/mol. The predicted octanol–water partition coefficient (Wildman–Crippen LogP) is 1.15. The molecule has 0 radical (unpaired) electrons. The van der Waals surface area contributed by atoms with Crippen molar-refractivity contribution >= 4 is 17.3 Å². The van der Waals surface area contributed by atoms with Gasteiger partial charge in [0.25, 0.3) is 5.91 Å². The molecule has 0 heterocycles. The molecule has 0 fully saturated rings. The number of nitrogen functional groups attached to an aromatic ring is 1. The van der Waals surface area contributed by atoms with Gasteiger partial charge in [0, 0.05) is 24.5 Å². The van der Waals surface area contributed by atoms with Gasteiger partial charge in [-0.25, -0.2) is 0 Å². The van der Waals surface area contributed by atoms with Gasteiger partial charge in [-0.1, -0.05) is 0 Å². The molecule has 5 heteroatoms. The Labute approximate surface area is 115 Å². The standard InChI is InChI=1S/C14H24N4O/c1-4-18(9-5-8-17(2)3)11-6-7-13(15)12(10-11)14(16)19/h6-7,10H,4-5,8-9,15H2,1-3H3,(H2,16,19). The molecule has 19 heavy (non-hydrogen) atoms. The number of primary amides is 1. The number of hydrogen-bond acceptors (Lipinski definition) is 4. The number of hydrogen-bond donors (Lipinski definition) is 2. The van der Waals surface area contributed by atoms with Crippen LogP contribution >= 0.6 is 0 Å². The second kappa shape index (κ2) is 6.99. The van der Waals surface area contributed by atoms with E-state index in [9.17, 15) is 4.79 Å². The molecule has 5 nitrogen and oxygen atoms in total. The number of carbonyl (C=O) groups is 1. The summed E-state index contributed by atoms with van der Waals surface area (Å²) in [5, 5.41) is 0. The number of amides is 1. The van der Waals surface area contributed by atoms with Gasteiger partial charge in [0.2, 0.25) is 0 Å². The minimum absolute atomic E-state index is 0.392. The summed E-state index contributed by atoms with van der Waals surface area (Å²) in [6, 6.07) is 5.45. The van der Waals surface area contributed by atoms with E-state index in [0.29, 0.717) is 11.3 Å². The number of benzene rings is 1. The minimum atomic E-state index is -0.483. The molecule has 0 aliphatic carbocycles. The summed E-state index contributed by atoms with van der Waals surface area (Å²) in [4.78, 5) is 15.7. The summed E-state index contributed by atoms with van der Waals surface area (Å²) >= 11 is 0. The molecule has 0 saturated heterocycles. The van der Waals surface area contributed by atoms with E-state index in [-0.39, 0.29) is 0 Å². The van der Waals surface area contributed by atoms with Crippen molar-refractivity contribution in [1.82, 2.24) is 4.90 Å². The quantitative estimate of drug-likeness (QED) is 0.724. The van der Waals surface area contributed by atoms with E-state index in [1.165, 1.54) is 0 Å². The van der Waals surface area contributed by atoms with Crippen LogP contribution in [0.2, 0.25) is 0 Å². The van der Waals surface area contributed by atoms with Gasteiger partial charge in [0.05, 0.1) is 5.56 Å². The Morgan fingerprint density at radius 3 is 2.47 bits per heavy atom. The van der Waals surface area contributed by atoms with Crippen molar-refractivity contribution in [1.29, 1.82) is 0 Å². The van der Waals surface area contributed by atoms with E-state index in [0.717, 1.165) is 31.7 Å². The highest BCUT2D eigenvalue weighted by Crippen LogP contribution is 2.21. The number of carbonyl (C=O) groups excluding carboxylic acids is 1. The molecule has 4 N–H and O–H groups in total. The second-order valence-corrected chi connectivity index (χ2v) is 4.87. The van der Waals surface area contributed by atoms with Crippen LogP contribution in [-0.4, -0.2) is 44.5 Å². The molecule has 0 spiro atoms. The number of rotatable bonds is 7. The maximum Gasteiger partial charge on any atom is 0.250 e. The zero-order chi connectivity index (χ0) is 14.4. The van der Waals surface area contributed by atoms with E-state index in [4.69, 9.17) is 11.5 Å². The van der Waals surface area contributed by atoms with E-state index in [2.05, 4.69) is 30.8 Å². The molecule has 1 aromatic rings. The highest BCUT2D eigenvalue weighted by Gasteiger charge is 2.10. The van der Waals surface area contributed by atoms with Crippen LogP contribution in [0.15, 0.2) is 18.2 Å². The summed E-state index contributed by atoms with van der Waals surface area (Å²) in [6.07, 6.45) is 1.07. The Bertz CT molecular complexity index is 431. The lowest BCUT2D eigenvalue weighted by Crippen LogP contribution is -2.27. The molecule has 0 saturated carbocycles.